The molecule has 1 aromatic heterocycles. The highest BCUT2D eigenvalue weighted by molar-refractivity contribution is 5.28. The zero-order valence-corrected chi connectivity index (χ0v) is 7.38. The molecule has 0 aromatic carbocycles. The molecule has 14 heavy (non-hydrogen) atoms. The Morgan fingerprint density at radius 2 is 2.21 bits per heavy atom. The lowest BCUT2D eigenvalue weighted by molar-refractivity contribution is -0.156. The van der Waals surface area contributed by atoms with Gasteiger partial charge in [0.15, 0.2) is 0 Å². The summed E-state index contributed by atoms with van der Waals surface area (Å²) in [6.07, 6.45) is -2.11. The zero-order valence-electron chi connectivity index (χ0n) is 7.38. The molecule has 2 heterocycles. The van der Waals surface area contributed by atoms with Crippen LogP contribution in [0.25, 0.3) is 0 Å². The Morgan fingerprint density at radius 1 is 1.50 bits per heavy atom. The third-order valence-electron chi connectivity index (χ3n) is 2.42. The third-order valence-corrected chi connectivity index (χ3v) is 2.42. The first kappa shape index (κ1) is 9.36. The van der Waals surface area contributed by atoms with E-state index in [0.29, 0.717) is 13.0 Å². The van der Waals surface area contributed by atoms with E-state index in [2.05, 4.69) is 4.98 Å². The number of rotatable bonds is 0. The predicted molar refractivity (Wildman–Crippen MR) is 44.7 cm³/mol. The molecule has 0 aliphatic carbocycles. The Bertz CT molecular complexity index is 342. The van der Waals surface area contributed by atoms with Crippen LogP contribution in [-0.4, -0.2) is 15.7 Å². The molecule has 78 valence electrons. The Balaban J connectivity index is 2.40. The predicted octanol–water partition coefficient (Wildman–Crippen LogP) is 1.91. The summed E-state index contributed by atoms with van der Waals surface area (Å²) in [5.41, 5.74) is 5.36. The van der Waals surface area contributed by atoms with Gasteiger partial charge in [0.2, 0.25) is 0 Å². The number of nitrogens with zero attached hydrogens (tertiary/aromatic N) is 2. The minimum absolute atomic E-state index is 0.0567. The molecule has 2 rings (SSSR count). The van der Waals surface area contributed by atoms with Crippen LogP contribution in [0.1, 0.15) is 24.6 Å². The largest absolute Gasteiger partial charge is 0.398 e. The number of hydrogen-bond donors (Lipinski definition) is 1. The van der Waals surface area contributed by atoms with E-state index in [-0.39, 0.29) is 18.1 Å². The fourth-order valence-electron chi connectivity index (χ4n) is 1.81. The summed E-state index contributed by atoms with van der Waals surface area (Å²) in [5.74, 6) is -1.23. The lowest BCUT2D eigenvalue weighted by Crippen LogP contribution is -2.27. The van der Waals surface area contributed by atoms with E-state index in [1.807, 2.05) is 0 Å². The summed E-state index contributed by atoms with van der Waals surface area (Å²) in [7, 11) is 0. The molecule has 0 saturated heterocycles. The van der Waals surface area contributed by atoms with Crippen molar-refractivity contribution in [3.8, 4) is 0 Å². The van der Waals surface area contributed by atoms with Gasteiger partial charge in [-0.1, -0.05) is 0 Å². The molecule has 1 atom stereocenters. The molecule has 0 spiro atoms. The van der Waals surface area contributed by atoms with Crippen molar-refractivity contribution >= 4 is 5.82 Å². The van der Waals surface area contributed by atoms with Crippen LogP contribution in [0.15, 0.2) is 6.20 Å². The number of anilines is 1. The first-order chi connectivity index (χ1) is 6.48. The second-order valence-corrected chi connectivity index (χ2v) is 3.45. The third kappa shape index (κ3) is 1.44. The second-order valence-electron chi connectivity index (χ2n) is 3.45. The summed E-state index contributed by atoms with van der Waals surface area (Å²) in [6, 6.07) is 0. The molecule has 0 radical (unpaired) electrons. The number of aryl methyl sites for hydroxylation is 1. The first-order valence-corrected chi connectivity index (χ1v) is 4.38. The highest BCUT2D eigenvalue weighted by Crippen LogP contribution is 2.40. The van der Waals surface area contributed by atoms with Crippen molar-refractivity contribution in [3.63, 3.8) is 0 Å². The molecule has 0 unspecified atom stereocenters. The standard InChI is InChI=1S/C8H10F3N3/c9-8(10,11)5-2-1-3-14-4-6(12)13-7(5)14/h4-5H,1-3,12H2/t5-/m1/s1. The molecule has 0 saturated carbocycles. The molecule has 1 aromatic rings. The van der Waals surface area contributed by atoms with E-state index in [9.17, 15) is 13.2 Å². The molecule has 6 heteroatoms. The zero-order chi connectivity index (χ0) is 10.3. The van der Waals surface area contributed by atoms with Crippen molar-refractivity contribution in [2.24, 2.45) is 0 Å². The monoisotopic (exact) mass is 205 g/mol. The summed E-state index contributed by atoms with van der Waals surface area (Å²) in [4.78, 5) is 3.72. The van der Waals surface area contributed by atoms with Gasteiger partial charge in [0.1, 0.15) is 17.6 Å². The molecular weight excluding hydrogens is 195 g/mol. The normalized spacial score (nSPS) is 22.1. The summed E-state index contributed by atoms with van der Waals surface area (Å²) < 4.78 is 39.1. The lowest BCUT2D eigenvalue weighted by atomic mass is 9.98. The van der Waals surface area contributed by atoms with Gasteiger partial charge in [0, 0.05) is 12.7 Å². The maximum atomic E-state index is 12.5. The molecular formula is C8H10F3N3. The number of hydrogen-bond acceptors (Lipinski definition) is 2. The quantitative estimate of drug-likeness (QED) is 0.703. The van der Waals surface area contributed by atoms with Crippen molar-refractivity contribution in [2.45, 2.75) is 31.5 Å². The number of alkyl halides is 3. The molecule has 0 fully saturated rings. The van der Waals surface area contributed by atoms with Gasteiger partial charge in [-0.15, -0.1) is 0 Å². The van der Waals surface area contributed by atoms with Gasteiger partial charge in [0.05, 0.1) is 0 Å². The molecule has 1 aliphatic rings. The van der Waals surface area contributed by atoms with Gasteiger partial charge < -0.3 is 10.3 Å². The van der Waals surface area contributed by atoms with Crippen molar-refractivity contribution in [1.82, 2.24) is 9.55 Å². The Morgan fingerprint density at radius 3 is 2.86 bits per heavy atom. The number of fused-ring (bicyclic) bond motifs is 1. The van der Waals surface area contributed by atoms with Crippen LogP contribution >= 0.6 is 0 Å². The molecule has 0 bridgehead atoms. The van der Waals surface area contributed by atoms with Gasteiger partial charge >= 0.3 is 6.18 Å². The minimum atomic E-state index is -4.21. The Hall–Kier alpha value is -1.20. The van der Waals surface area contributed by atoms with Crippen LogP contribution < -0.4 is 5.73 Å². The van der Waals surface area contributed by atoms with E-state index in [0.717, 1.165) is 0 Å². The smallest absolute Gasteiger partial charge is 0.382 e. The van der Waals surface area contributed by atoms with E-state index < -0.39 is 12.1 Å². The maximum absolute atomic E-state index is 12.5. The highest BCUT2D eigenvalue weighted by atomic mass is 19.4. The number of aromatic nitrogens is 2. The Labute approximate surface area is 78.7 Å². The van der Waals surface area contributed by atoms with E-state index in [1.165, 1.54) is 10.8 Å². The maximum Gasteiger partial charge on any atom is 0.398 e. The minimum Gasteiger partial charge on any atom is -0.382 e. The average Bonchev–Trinajstić information content (AvgIpc) is 2.41. The van der Waals surface area contributed by atoms with Crippen LogP contribution in [-0.2, 0) is 6.54 Å². The van der Waals surface area contributed by atoms with Gasteiger partial charge in [0.25, 0.3) is 0 Å². The number of nitrogen functional groups attached to an aromatic ring is 1. The van der Waals surface area contributed by atoms with Gasteiger partial charge in [-0.3, -0.25) is 0 Å². The van der Waals surface area contributed by atoms with Gasteiger partial charge in [-0.05, 0) is 12.8 Å². The molecule has 2 N–H and O–H groups in total. The lowest BCUT2D eigenvalue weighted by Gasteiger charge is -2.24. The van der Waals surface area contributed by atoms with Crippen LogP contribution in [0.3, 0.4) is 0 Å². The summed E-state index contributed by atoms with van der Waals surface area (Å²) in [6.45, 7) is 0.576. The van der Waals surface area contributed by atoms with Crippen LogP contribution in [0.2, 0.25) is 0 Å². The van der Waals surface area contributed by atoms with Crippen LogP contribution in [0, 0.1) is 0 Å². The van der Waals surface area contributed by atoms with Crippen molar-refractivity contribution in [3.05, 3.63) is 12.0 Å². The Kier molecular flexibility index (Phi) is 1.94. The molecule has 1 aliphatic heterocycles. The van der Waals surface area contributed by atoms with Crippen LogP contribution in [0.4, 0.5) is 19.0 Å². The topological polar surface area (TPSA) is 43.8 Å². The number of halogens is 3. The second kappa shape index (κ2) is 2.90. The summed E-state index contributed by atoms with van der Waals surface area (Å²) >= 11 is 0. The summed E-state index contributed by atoms with van der Waals surface area (Å²) in [5, 5.41) is 0. The molecule has 0 amide bonds. The van der Waals surface area contributed by atoms with Crippen LogP contribution in [0.5, 0.6) is 0 Å². The van der Waals surface area contributed by atoms with Gasteiger partial charge in [-0.25, -0.2) is 4.98 Å². The average molecular weight is 205 g/mol. The van der Waals surface area contributed by atoms with Gasteiger partial charge in [-0.2, -0.15) is 13.2 Å². The fourth-order valence-corrected chi connectivity index (χ4v) is 1.81. The molecule has 3 nitrogen and oxygen atoms in total. The first-order valence-electron chi connectivity index (χ1n) is 4.38. The highest BCUT2D eigenvalue weighted by Gasteiger charge is 2.44. The number of imidazole rings is 1. The van der Waals surface area contributed by atoms with Crippen molar-refractivity contribution in [2.75, 3.05) is 5.73 Å². The van der Waals surface area contributed by atoms with Crippen molar-refractivity contribution < 1.29 is 13.2 Å². The van der Waals surface area contributed by atoms with E-state index >= 15 is 0 Å². The van der Waals surface area contributed by atoms with Crippen molar-refractivity contribution in [1.29, 1.82) is 0 Å². The fraction of sp³-hybridized carbons (Fsp3) is 0.625. The number of nitrogens with two attached hydrogens (primary N) is 1. The SMILES string of the molecule is Nc1cn2c(n1)[C@H](C(F)(F)F)CCC2. The van der Waals surface area contributed by atoms with E-state index in [1.54, 1.807) is 0 Å². The van der Waals surface area contributed by atoms with E-state index in [4.69, 9.17) is 5.73 Å².